The number of hydrogen-bond acceptors (Lipinski definition) is 4. The van der Waals surface area contributed by atoms with Crippen molar-refractivity contribution in [2.24, 2.45) is 0 Å². The Balaban J connectivity index is 1.90. The molecule has 1 aliphatic rings. The van der Waals surface area contributed by atoms with E-state index in [2.05, 4.69) is 45.2 Å². The van der Waals surface area contributed by atoms with Gasteiger partial charge in [0.05, 0.1) is 31.7 Å². The molecule has 0 N–H and O–H groups in total. The summed E-state index contributed by atoms with van der Waals surface area (Å²) in [6, 6.07) is 8.98. The molecule has 1 fully saturated rings. The minimum atomic E-state index is -0.336. The van der Waals surface area contributed by atoms with E-state index in [-0.39, 0.29) is 17.7 Å². The third-order valence-electron chi connectivity index (χ3n) is 3.81. The van der Waals surface area contributed by atoms with Gasteiger partial charge in [-0.25, -0.2) is 0 Å². The van der Waals surface area contributed by atoms with E-state index in [9.17, 15) is 9.59 Å². The SMILES string of the molecule is CCOc1c(I)cc(I)cc1/C=C1\SC(=O)N(Cc2ccc(Cl)c(Cl)c2)C1=O. The Morgan fingerprint density at radius 3 is 2.57 bits per heavy atom. The average Bonchev–Trinajstić information content (AvgIpc) is 2.88. The van der Waals surface area contributed by atoms with Crippen molar-refractivity contribution in [2.45, 2.75) is 13.5 Å². The van der Waals surface area contributed by atoms with Gasteiger partial charge in [0.2, 0.25) is 0 Å². The van der Waals surface area contributed by atoms with Crippen LogP contribution >= 0.6 is 80.1 Å². The number of carbonyl (C=O) groups excluding carboxylic acids is 2. The first-order valence-electron chi connectivity index (χ1n) is 8.11. The fourth-order valence-corrected chi connectivity index (χ4v) is 5.78. The van der Waals surface area contributed by atoms with Crippen molar-refractivity contribution < 1.29 is 14.3 Å². The molecule has 2 aromatic carbocycles. The minimum Gasteiger partial charge on any atom is -0.492 e. The van der Waals surface area contributed by atoms with Gasteiger partial charge in [0.1, 0.15) is 5.75 Å². The molecule has 3 rings (SSSR count). The molecular weight excluding hydrogens is 647 g/mol. The molecule has 0 bridgehead atoms. The monoisotopic (exact) mass is 659 g/mol. The lowest BCUT2D eigenvalue weighted by Crippen LogP contribution is -2.27. The fraction of sp³-hybridized carbons (Fsp3) is 0.158. The molecule has 2 aromatic rings. The summed E-state index contributed by atoms with van der Waals surface area (Å²) in [6.07, 6.45) is 1.72. The number of nitrogens with zero attached hydrogens (tertiary/aromatic N) is 1. The zero-order valence-electron chi connectivity index (χ0n) is 14.5. The van der Waals surface area contributed by atoms with Gasteiger partial charge in [-0.05, 0) is 99.8 Å². The summed E-state index contributed by atoms with van der Waals surface area (Å²) in [7, 11) is 0. The number of halogens is 4. The lowest BCUT2D eigenvalue weighted by molar-refractivity contribution is -0.123. The Morgan fingerprint density at radius 2 is 1.89 bits per heavy atom. The number of imide groups is 1. The van der Waals surface area contributed by atoms with Crippen molar-refractivity contribution in [1.29, 1.82) is 0 Å². The van der Waals surface area contributed by atoms with Crippen LogP contribution in [0.4, 0.5) is 4.79 Å². The normalized spacial score (nSPS) is 15.6. The summed E-state index contributed by atoms with van der Waals surface area (Å²) in [5.74, 6) is 0.372. The smallest absolute Gasteiger partial charge is 0.293 e. The van der Waals surface area contributed by atoms with E-state index >= 15 is 0 Å². The summed E-state index contributed by atoms with van der Waals surface area (Å²) >= 11 is 17.3. The highest BCUT2D eigenvalue weighted by Crippen LogP contribution is 2.37. The molecule has 0 radical (unpaired) electrons. The molecule has 0 saturated carbocycles. The first-order chi connectivity index (χ1) is 13.3. The number of benzene rings is 2. The first kappa shape index (κ1) is 22.2. The Morgan fingerprint density at radius 1 is 1.14 bits per heavy atom. The number of rotatable bonds is 5. The number of hydrogen-bond donors (Lipinski definition) is 0. The van der Waals surface area contributed by atoms with Crippen LogP contribution in [0.2, 0.25) is 10.0 Å². The van der Waals surface area contributed by atoms with Gasteiger partial charge in [0.15, 0.2) is 0 Å². The van der Waals surface area contributed by atoms with Crippen LogP contribution in [0.1, 0.15) is 18.1 Å². The Hall–Kier alpha value is -0.490. The van der Waals surface area contributed by atoms with Gasteiger partial charge in [-0.1, -0.05) is 29.3 Å². The van der Waals surface area contributed by atoms with Crippen LogP contribution < -0.4 is 4.74 Å². The van der Waals surface area contributed by atoms with E-state index in [1.165, 1.54) is 4.90 Å². The van der Waals surface area contributed by atoms with Gasteiger partial charge in [0.25, 0.3) is 11.1 Å². The molecule has 146 valence electrons. The minimum absolute atomic E-state index is 0.140. The Kier molecular flexibility index (Phi) is 7.57. The molecule has 0 atom stereocenters. The van der Waals surface area contributed by atoms with E-state index in [0.717, 1.165) is 30.0 Å². The number of ether oxygens (including phenoxy) is 1. The molecule has 28 heavy (non-hydrogen) atoms. The lowest BCUT2D eigenvalue weighted by Gasteiger charge is -2.13. The van der Waals surface area contributed by atoms with E-state index in [1.807, 2.05) is 19.1 Å². The molecule has 4 nitrogen and oxygen atoms in total. The number of carbonyl (C=O) groups is 2. The van der Waals surface area contributed by atoms with Gasteiger partial charge in [-0.3, -0.25) is 14.5 Å². The maximum Gasteiger partial charge on any atom is 0.293 e. The fourth-order valence-electron chi connectivity index (χ4n) is 2.58. The third-order valence-corrected chi connectivity index (χ3v) is 6.88. The van der Waals surface area contributed by atoms with Gasteiger partial charge < -0.3 is 4.74 Å². The molecule has 0 aliphatic carbocycles. The molecule has 0 aromatic heterocycles. The zero-order chi connectivity index (χ0) is 20.4. The summed E-state index contributed by atoms with van der Waals surface area (Å²) in [5.41, 5.74) is 1.51. The van der Waals surface area contributed by atoms with Crippen LogP contribution in [-0.4, -0.2) is 22.7 Å². The first-order valence-corrected chi connectivity index (χ1v) is 11.8. The van der Waals surface area contributed by atoms with Crippen molar-refractivity contribution in [2.75, 3.05) is 6.61 Å². The van der Waals surface area contributed by atoms with Gasteiger partial charge >= 0.3 is 0 Å². The van der Waals surface area contributed by atoms with Crippen molar-refractivity contribution in [1.82, 2.24) is 4.90 Å². The van der Waals surface area contributed by atoms with E-state index in [1.54, 1.807) is 24.3 Å². The molecule has 0 unspecified atom stereocenters. The number of thioether (sulfide) groups is 1. The quantitative estimate of drug-likeness (QED) is 0.261. The average molecular weight is 660 g/mol. The summed E-state index contributed by atoms with van der Waals surface area (Å²) in [6.45, 7) is 2.56. The summed E-state index contributed by atoms with van der Waals surface area (Å²) in [5, 5.41) is 0.494. The molecule has 1 saturated heterocycles. The highest BCUT2D eigenvalue weighted by atomic mass is 127. The van der Waals surface area contributed by atoms with Gasteiger partial charge in [0, 0.05) is 9.13 Å². The van der Waals surface area contributed by atoms with E-state index in [0.29, 0.717) is 27.3 Å². The molecule has 1 heterocycles. The van der Waals surface area contributed by atoms with E-state index in [4.69, 9.17) is 27.9 Å². The summed E-state index contributed by atoms with van der Waals surface area (Å²) < 4.78 is 7.71. The summed E-state index contributed by atoms with van der Waals surface area (Å²) in [4.78, 5) is 26.8. The van der Waals surface area contributed by atoms with Crippen LogP contribution in [0.25, 0.3) is 6.08 Å². The van der Waals surface area contributed by atoms with E-state index < -0.39 is 0 Å². The topological polar surface area (TPSA) is 46.6 Å². The lowest BCUT2D eigenvalue weighted by atomic mass is 10.1. The van der Waals surface area contributed by atoms with Crippen molar-refractivity contribution in [3.05, 3.63) is 63.5 Å². The molecular formula is C19H13Cl2I2NO3S. The Labute approximate surface area is 204 Å². The van der Waals surface area contributed by atoms with Crippen molar-refractivity contribution >= 4 is 97.4 Å². The second-order valence-corrected chi connectivity index (χ2v) is 9.97. The number of amides is 2. The van der Waals surface area contributed by atoms with Gasteiger partial charge in [-0.15, -0.1) is 0 Å². The molecule has 2 amide bonds. The predicted molar refractivity (Wildman–Crippen MR) is 131 cm³/mol. The standard InChI is InChI=1S/C19H13Cl2I2NO3S/c1-2-27-17-11(6-12(22)8-15(17)23)7-16-18(25)24(19(26)28-16)9-10-3-4-13(20)14(21)5-10/h3-8H,2,9H2,1H3/b16-7-. The van der Waals surface area contributed by atoms with Crippen molar-refractivity contribution in [3.63, 3.8) is 0 Å². The Bertz CT molecular complexity index is 997. The second kappa shape index (κ2) is 9.55. The van der Waals surface area contributed by atoms with Crippen molar-refractivity contribution in [3.8, 4) is 5.75 Å². The highest BCUT2D eigenvalue weighted by Gasteiger charge is 2.35. The highest BCUT2D eigenvalue weighted by molar-refractivity contribution is 14.1. The van der Waals surface area contributed by atoms with Crippen LogP contribution in [0.15, 0.2) is 35.2 Å². The van der Waals surface area contributed by atoms with Gasteiger partial charge in [-0.2, -0.15) is 0 Å². The maximum atomic E-state index is 12.8. The zero-order valence-corrected chi connectivity index (χ0v) is 21.1. The maximum absolute atomic E-state index is 12.8. The second-order valence-electron chi connectivity index (χ2n) is 5.76. The van der Waals surface area contributed by atoms with Crippen LogP contribution in [-0.2, 0) is 11.3 Å². The largest absolute Gasteiger partial charge is 0.492 e. The molecule has 0 spiro atoms. The molecule has 1 aliphatic heterocycles. The van der Waals surface area contributed by atoms with Crippen LogP contribution in [0.5, 0.6) is 5.75 Å². The van der Waals surface area contributed by atoms with Crippen LogP contribution in [0, 0.1) is 7.14 Å². The predicted octanol–water partition coefficient (Wildman–Crippen LogP) is 6.84. The van der Waals surface area contributed by atoms with Crippen LogP contribution in [0.3, 0.4) is 0 Å². The third kappa shape index (κ3) is 4.97. The molecule has 9 heteroatoms.